The molecule has 4 aromatic heterocycles. The van der Waals surface area contributed by atoms with Crippen LogP contribution in [0.4, 0.5) is 5.69 Å². The maximum absolute atomic E-state index is 13.2. The van der Waals surface area contributed by atoms with E-state index in [1.807, 2.05) is 31.4 Å². The van der Waals surface area contributed by atoms with E-state index in [4.69, 9.17) is 0 Å². The Bertz CT molecular complexity index is 1470. The van der Waals surface area contributed by atoms with Crippen molar-refractivity contribution in [3.05, 3.63) is 65.9 Å². The van der Waals surface area contributed by atoms with Gasteiger partial charge in [-0.3, -0.25) is 24.2 Å². The number of rotatable bonds is 7. The van der Waals surface area contributed by atoms with Crippen molar-refractivity contribution in [1.29, 1.82) is 0 Å². The van der Waals surface area contributed by atoms with E-state index in [1.165, 1.54) is 25.2 Å². The third kappa shape index (κ3) is 4.97. The van der Waals surface area contributed by atoms with E-state index >= 15 is 0 Å². The van der Waals surface area contributed by atoms with E-state index in [0.29, 0.717) is 34.6 Å². The summed E-state index contributed by atoms with van der Waals surface area (Å²) in [5.74, 6) is -0.527. The number of anilines is 1. The largest absolute Gasteiger partial charge is 0.351 e. The average Bonchev–Trinajstić information content (AvgIpc) is 3.58. The molecule has 5 heterocycles. The van der Waals surface area contributed by atoms with Crippen LogP contribution >= 0.6 is 0 Å². The molecule has 192 valence electrons. The minimum Gasteiger partial charge on any atom is -0.351 e. The van der Waals surface area contributed by atoms with Gasteiger partial charge in [0, 0.05) is 49.8 Å². The maximum Gasteiger partial charge on any atom is 0.259 e. The molecule has 0 aromatic carbocycles. The van der Waals surface area contributed by atoms with Gasteiger partial charge in [0.2, 0.25) is 0 Å². The first-order chi connectivity index (χ1) is 17.7. The van der Waals surface area contributed by atoms with Gasteiger partial charge in [-0.25, -0.2) is 4.52 Å². The third-order valence-electron chi connectivity index (χ3n) is 7.21. The molecule has 0 unspecified atom stereocenters. The van der Waals surface area contributed by atoms with Gasteiger partial charge in [0.1, 0.15) is 0 Å². The summed E-state index contributed by atoms with van der Waals surface area (Å²) in [5, 5.41) is 14.5. The fourth-order valence-electron chi connectivity index (χ4n) is 4.93. The second-order valence-electron chi connectivity index (χ2n) is 10.1. The number of carbonyl (C=O) groups excluding carboxylic acids is 2. The summed E-state index contributed by atoms with van der Waals surface area (Å²) < 4.78 is 3.46. The highest BCUT2D eigenvalue weighted by molar-refractivity contribution is 6.09. The number of nitrogens with zero attached hydrogens (tertiary/aromatic N) is 6. The lowest BCUT2D eigenvalue weighted by atomic mass is 10.0. The van der Waals surface area contributed by atoms with Crippen molar-refractivity contribution >= 4 is 23.0 Å². The Morgan fingerprint density at radius 2 is 1.95 bits per heavy atom. The van der Waals surface area contributed by atoms with Crippen LogP contribution in [-0.4, -0.2) is 66.3 Å². The molecule has 0 aliphatic carbocycles. The predicted molar refractivity (Wildman–Crippen MR) is 142 cm³/mol. The van der Waals surface area contributed by atoms with Crippen molar-refractivity contribution in [2.24, 2.45) is 7.05 Å². The summed E-state index contributed by atoms with van der Waals surface area (Å²) in [6.45, 7) is 8.69. The lowest BCUT2D eigenvalue weighted by molar-refractivity contribution is 0.0938. The molecule has 0 spiro atoms. The van der Waals surface area contributed by atoms with E-state index < -0.39 is 0 Å². The fraction of sp³-hybridized carbons (Fsp3) is 0.370. The number of aryl methyl sites for hydroxylation is 2. The molecule has 37 heavy (non-hydrogen) atoms. The lowest BCUT2D eigenvalue weighted by Gasteiger charge is -2.31. The molecule has 1 aliphatic heterocycles. The van der Waals surface area contributed by atoms with Crippen LogP contribution in [0.2, 0.25) is 0 Å². The molecule has 1 fully saturated rings. The third-order valence-corrected chi connectivity index (χ3v) is 7.21. The number of aromatic nitrogens is 5. The van der Waals surface area contributed by atoms with E-state index in [1.54, 1.807) is 28.4 Å². The van der Waals surface area contributed by atoms with Gasteiger partial charge in [-0.1, -0.05) is 0 Å². The number of hydrogen-bond donors (Lipinski definition) is 2. The Morgan fingerprint density at radius 1 is 1.11 bits per heavy atom. The Morgan fingerprint density at radius 3 is 2.68 bits per heavy atom. The van der Waals surface area contributed by atoms with Gasteiger partial charge < -0.3 is 10.6 Å². The molecular formula is C27H32N8O2. The van der Waals surface area contributed by atoms with Gasteiger partial charge >= 0.3 is 0 Å². The number of pyridine rings is 2. The van der Waals surface area contributed by atoms with Crippen LogP contribution in [0.5, 0.6) is 0 Å². The zero-order valence-corrected chi connectivity index (χ0v) is 21.7. The molecule has 10 heteroatoms. The molecular weight excluding hydrogens is 468 g/mol. The van der Waals surface area contributed by atoms with Gasteiger partial charge in [0.25, 0.3) is 11.8 Å². The molecule has 0 saturated carbocycles. The number of nitrogens with one attached hydrogen (secondary N) is 2. The topological polar surface area (TPSA) is 109 Å². The van der Waals surface area contributed by atoms with Crippen molar-refractivity contribution < 1.29 is 9.59 Å². The number of likely N-dealkylation sites (tertiary alicyclic amines) is 1. The monoisotopic (exact) mass is 500 g/mol. The molecule has 10 nitrogen and oxygen atoms in total. The first kappa shape index (κ1) is 24.6. The van der Waals surface area contributed by atoms with Crippen molar-refractivity contribution in [2.75, 3.05) is 25.0 Å². The van der Waals surface area contributed by atoms with E-state index in [-0.39, 0.29) is 17.4 Å². The Labute approximate surface area is 215 Å². The Balaban J connectivity index is 1.27. The average molecular weight is 501 g/mol. The number of amides is 2. The zero-order chi connectivity index (χ0) is 26.2. The quantitative estimate of drug-likeness (QED) is 0.403. The highest BCUT2D eigenvalue weighted by Crippen LogP contribution is 2.27. The van der Waals surface area contributed by atoms with Crippen LogP contribution in [0.25, 0.3) is 16.8 Å². The van der Waals surface area contributed by atoms with Crippen LogP contribution in [0.1, 0.15) is 53.1 Å². The Kier molecular flexibility index (Phi) is 6.51. The van der Waals surface area contributed by atoms with Crippen molar-refractivity contribution in [3.63, 3.8) is 0 Å². The van der Waals surface area contributed by atoms with Crippen LogP contribution in [0.15, 0.2) is 49.1 Å². The molecule has 2 N–H and O–H groups in total. The molecule has 0 bridgehead atoms. The molecule has 0 atom stereocenters. The first-order valence-electron chi connectivity index (χ1n) is 12.5. The Hall–Kier alpha value is -4.05. The summed E-state index contributed by atoms with van der Waals surface area (Å²) in [7, 11) is 1.88. The minimum atomic E-state index is -0.318. The molecule has 5 rings (SSSR count). The first-order valence-corrected chi connectivity index (χ1v) is 12.5. The van der Waals surface area contributed by atoms with Crippen molar-refractivity contribution in [1.82, 2.24) is 34.6 Å². The molecule has 4 aromatic rings. The number of carbonyl (C=O) groups is 2. The van der Waals surface area contributed by atoms with Gasteiger partial charge in [-0.15, -0.1) is 0 Å². The molecule has 1 aliphatic rings. The van der Waals surface area contributed by atoms with Gasteiger partial charge in [0.15, 0.2) is 0 Å². The predicted octanol–water partition coefficient (Wildman–Crippen LogP) is 3.29. The fourth-order valence-corrected chi connectivity index (χ4v) is 4.93. The smallest absolute Gasteiger partial charge is 0.259 e. The van der Waals surface area contributed by atoms with Crippen LogP contribution in [-0.2, 0) is 7.05 Å². The summed E-state index contributed by atoms with van der Waals surface area (Å²) in [5.41, 5.74) is 4.68. The summed E-state index contributed by atoms with van der Waals surface area (Å²) >= 11 is 0. The normalized spacial score (nSPS) is 15.2. The van der Waals surface area contributed by atoms with E-state index in [2.05, 4.69) is 44.6 Å². The van der Waals surface area contributed by atoms with Crippen molar-refractivity contribution in [2.45, 2.75) is 39.2 Å². The van der Waals surface area contributed by atoms with Crippen LogP contribution in [0, 0.1) is 6.92 Å². The van der Waals surface area contributed by atoms with Gasteiger partial charge in [-0.2, -0.15) is 10.2 Å². The van der Waals surface area contributed by atoms with E-state index in [9.17, 15) is 9.59 Å². The zero-order valence-electron chi connectivity index (χ0n) is 21.7. The number of fused-ring (bicyclic) bond motifs is 1. The number of hydrogen-bond acceptors (Lipinski definition) is 6. The van der Waals surface area contributed by atoms with Gasteiger partial charge in [0.05, 0.1) is 39.9 Å². The summed E-state index contributed by atoms with van der Waals surface area (Å²) in [6.07, 6.45) is 9.03. The highest BCUT2D eigenvalue weighted by atomic mass is 16.2. The molecule has 2 amide bonds. The second-order valence-corrected chi connectivity index (χ2v) is 10.1. The minimum absolute atomic E-state index is 0.172. The SMILES string of the molecule is Cc1ncc(C(=O)NCCN2CCCC2(C)C)cc1NC(=O)c1cnn2cc(-c3ccnn3C)ccc12. The summed E-state index contributed by atoms with van der Waals surface area (Å²) in [4.78, 5) is 32.7. The standard InChI is InChI=1S/C27H32N8O2/c1-18-22(14-20(15-29-18)25(36)28-11-13-34-12-5-9-27(34,2)3)32-26(37)21-16-31-35-17-19(6-7-24(21)35)23-8-10-30-33(23)4/h6-8,10,14-17H,5,9,11-13H2,1-4H3,(H,28,36)(H,32,37). The summed E-state index contributed by atoms with van der Waals surface area (Å²) in [6, 6.07) is 7.39. The second kappa shape index (κ2) is 9.78. The molecule has 0 radical (unpaired) electrons. The highest BCUT2D eigenvalue weighted by Gasteiger charge is 2.31. The van der Waals surface area contributed by atoms with Gasteiger partial charge in [-0.05, 0) is 64.4 Å². The van der Waals surface area contributed by atoms with Crippen LogP contribution < -0.4 is 10.6 Å². The van der Waals surface area contributed by atoms with Crippen molar-refractivity contribution in [3.8, 4) is 11.3 Å². The van der Waals surface area contributed by atoms with Crippen LogP contribution in [0.3, 0.4) is 0 Å². The molecule has 1 saturated heterocycles. The maximum atomic E-state index is 13.2. The lowest BCUT2D eigenvalue weighted by Crippen LogP contribution is -2.43. The van der Waals surface area contributed by atoms with E-state index in [0.717, 1.165) is 24.3 Å².